The number of sulfonamides is 1. The van der Waals surface area contributed by atoms with Gasteiger partial charge < -0.3 is 10.8 Å². The number of hydrogen-bond donors (Lipinski definition) is 3. The molecule has 0 saturated carbocycles. The molecule has 0 fully saturated rings. The number of primary amides is 1. The molecule has 4 N–H and O–H groups in total. The maximum atomic E-state index is 12.1. The summed E-state index contributed by atoms with van der Waals surface area (Å²) in [5.41, 5.74) is 4.89. The summed E-state index contributed by atoms with van der Waals surface area (Å²) in [7, 11) is -4.10. The standard InChI is InChI=1S/C10H10Br2N2O5S/c11-5-1-2-8(6(12)3-5)20(18,19)14-7(10(16)17)4-9(13)15/h1-3,7,14H,4H2,(H2,13,15)(H,16,17)/t7-/m1/s1. The Labute approximate surface area is 131 Å². The third-order valence-corrected chi connectivity index (χ3v) is 5.13. The van der Waals surface area contributed by atoms with Crippen LogP contribution in [0.5, 0.6) is 0 Å². The first-order chi connectivity index (χ1) is 9.13. The van der Waals surface area contributed by atoms with Gasteiger partial charge in [0.1, 0.15) is 6.04 Å². The molecule has 1 aromatic rings. The van der Waals surface area contributed by atoms with Crippen LogP contribution in [0.25, 0.3) is 0 Å². The van der Waals surface area contributed by atoms with Crippen molar-refractivity contribution in [2.45, 2.75) is 17.4 Å². The van der Waals surface area contributed by atoms with E-state index in [1.807, 2.05) is 4.72 Å². The normalized spacial score (nSPS) is 12.9. The number of benzene rings is 1. The van der Waals surface area contributed by atoms with E-state index in [4.69, 9.17) is 10.8 Å². The maximum Gasteiger partial charge on any atom is 0.322 e. The highest BCUT2D eigenvalue weighted by atomic mass is 79.9. The monoisotopic (exact) mass is 428 g/mol. The van der Waals surface area contributed by atoms with Crippen molar-refractivity contribution in [3.05, 3.63) is 27.1 Å². The largest absolute Gasteiger partial charge is 0.480 e. The minimum absolute atomic E-state index is 0.142. The van der Waals surface area contributed by atoms with E-state index in [-0.39, 0.29) is 9.37 Å². The van der Waals surface area contributed by atoms with Crippen molar-refractivity contribution in [2.75, 3.05) is 0 Å². The first-order valence-corrected chi connectivity index (χ1v) is 8.19. The molecule has 0 heterocycles. The van der Waals surface area contributed by atoms with Crippen LogP contribution < -0.4 is 10.5 Å². The first-order valence-electron chi connectivity index (χ1n) is 5.12. The van der Waals surface area contributed by atoms with E-state index in [0.717, 1.165) is 0 Å². The second-order valence-corrected chi connectivity index (χ2v) is 7.21. The molecule has 1 amide bonds. The first kappa shape index (κ1) is 17.1. The van der Waals surface area contributed by atoms with Gasteiger partial charge in [0.25, 0.3) is 0 Å². The number of amides is 1. The van der Waals surface area contributed by atoms with Crippen molar-refractivity contribution in [3.8, 4) is 0 Å². The summed E-state index contributed by atoms with van der Waals surface area (Å²) in [5, 5.41) is 8.89. The summed E-state index contributed by atoms with van der Waals surface area (Å²) in [5.74, 6) is -2.41. The Kier molecular flexibility index (Phi) is 5.68. The van der Waals surface area contributed by atoms with Gasteiger partial charge in [-0.3, -0.25) is 9.59 Å². The van der Waals surface area contributed by atoms with Crippen molar-refractivity contribution in [2.24, 2.45) is 5.73 Å². The van der Waals surface area contributed by atoms with Crippen LogP contribution in [-0.2, 0) is 19.6 Å². The summed E-state index contributed by atoms with van der Waals surface area (Å²) < 4.78 is 27.0. The van der Waals surface area contributed by atoms with Crippen LogP contribution in [0.1, 0.15) is 6.42 Å². The number of halogens is 2. The Hall–Kier alpha value is -0.970. The number of carbonyl (C=O) groups excluding carboxylic acids is 1. The number of aliphatic carboxylic acids is 1. The molecule has 0 spiro atoms. The van der Waals surface area contributed by atoms with E-state index in [0.29, 0.717) is 4.47 Å². The zero-order valence-corrected chi connectivity index (χ0v) is 13.8. The van der Waals surface area contributed by atoms with Crippen LogP contribution in [0.3, 0.4) is 0 Å². The van der Waals surface area contributed by atoms with Crippen molar-refractivity contribution in [3.63, 3.8) is 0 Å². The van der Waals surface area contributed by atoms with Gasteiger partial charge in [0.2, 0.25) is 15.9 Å². The second-order valence-electron chi connectivity index (χ2n) is 3.76. The molecule has 0 aromatic heterocycles. The molecule has 20 heavy (non-hydrogen) atoms. The lowest BCUT2D eigenvalue weighted by Gasteiger charge is -2.14. The van der Waals surface area contributed by atoms with Gasteiger partial charge in [-0.1, -0.05) is 15.9 Å². The van der Waals surface area contributed by atoms with E-state index in [9.17, 15) is 18.0 Å². The number of hydrogen-bond acceptors (Lipinski definition) is 4. The third-order valence-electron chi connectivity index (χ3n) is 2.18. The van der Waals surface area contributed by atoms with Crippen molar-refractivity contribution < 1.29 is 23.1 Å². The summed E-state index contributed by atoms with van der Waals surface area (Å²) in [4.78, 5) is 21.5. The zero-order valence-electron chi connectivity index (χ0n) is 9.84. The molecule has 1 atom stereocenters. The van der Waals surface area contributed by atoms with E-state index >= 15 is 0 Å². The van der Waals surface area contributed by atoms with Crippen LogP contribution >= 0.6 is 31.9 Å². The van der Waals surface area contributed by atoms with E-state index < -0.39 is 34.4 Å². The molecular weight excluding hydrogens is 420 g/mol. The molecule has 7 nitrogen and oxygen atoms in total. The highest BCUT2D eigenvalue weighted by molar-refractivity contribution is 9.11. The van der Waals surface area contributed by atoms with Crippen molar-refractivity contribution >= 4 is 53.8 Å². The average Bonchev–Trinajstić information content (AvgIpc) is 2.26. The van der Waals surface area contributed by atoms with Crippen molar-refractivity contribution in [1.29, 1.82) is 0 Å². The van der Waals surface area contributed by atoms with Gasteiger partial charge in [0.05, 0.1) is 11.3 Å². The molecule has 110 valence electrons. The van der Waals surface area contributed by atoms with Crippen LogP contribution in [0.15, 0.2) is 32.0 Å². The molecule has 0 saturated heterocycles. The Balaban J connectivity index is 3.09. The van der Waals surface area contributed by atoms with Gasteiger partial charge in [-0.05, 0) is 34.1 Å². The summed E-state index contributed by atoms with van der Waals surface area (Å²) >= 11 is 6.24. The van der Waals surface area contributed by atoms with Gasteiger partial charge in [0, 0.05) is 8.95 Å². The fourth-order valence-electron chi connectivity index (χ4n) is 1.32. The lowest BCUT2D eigenvalue weighted by atomic mass is 10.2. The fraction of sp³-hybridized carbons (Fsp3) is 0.200. The molecule has 0 aliphatic carbocycles. The molecule has 0 radical (unpaired) electrons. The van der Waals surface area contributed by atoms with E-state index in [1.165, 1.54) is 18.2 Å². The van der Waals surface area contributed by atoms with Crippen LogP contribution in [-0.4, -0.2) is 31.4 Å². The van der Waals surface area contributed by atoms with Gasteiger partial charge >= 0.3 is 5.97 Å². The summed E-state index contributed by atoms with van der Waals surface area (Å²) in [6.07, 6.45) is -0.636. The van der Waals surface area contributed by atoms with Crippen LogP contribution in [0.4, 0.5) is 0 Å². The quantitative estimate of drug-likeness (QED) is 0.616. The average molecular weight is 430 g/mol. The Morgan fingerprint density at radius 3 is 2.40 bits per heavy atom. The topological polar surface area (TPSA) is 127 Å². The molecule has 0 unspecified atom stereocenters. The van der Waals surface area contributed by atoms with Crippen molar-refractivity contribution in [1.82, 2.24) is 4.72 Å². The Bertz CT molecular complexity index is 647. The predicted molar refractivity (Wildman–Crippen MR) is 77.4 cm³/mol. The molecule has 0 aliphatic rings. The minimum atomic E-state index is -4.10. The van der Waals surface area contributed by atoms with Gasteiger partial charge in [-0.2, -0.15) is 4.72 Å². The van der Waals surface area contributed by atoms with Gasteiger partial charge in [-0.25, -0.2) is 8.42 Å². The minimum Gasteiger partial charge on any atom is -0.480 e. The van der Waals surface area contributed by atoms with Gasteiger partial charge in [-0.15, -0.1) is 0 Å². The Morgan fingerprint density at radius 1 is 1.35 bits per heavy atom. The lowest BCUT2D eigenvalue weighted by Crippen LogP contribution is -2.43. The van der Waals surface area contributed by atoms with E-state index in [1.54, 1.807) is 0 Å². The number of nitrogens with one attached hydrogen (secondary N) is 1. The lowest BCUT2D eigenvalue weighted by molar-refractivity contribution is -0.140. The van der Waals surface area contributed by atoms with Crippen LogP contribution in [0.2, 0.25) is 0 Å². The number of carbonyl (C=O) groups is 2. The van der Waals surface area contributed by atoms with Gasteiger partial charge in [0.15, 0.2) is 0 Å². The third kappa shape index (κ3) is 4.54. The highest BCUT2D eigenvalue weighted by Gasteiger charge is 2.28. The maximum absolute atomic E-state index is 12.1. The zero-order chi connectivity index (χ0) is 15.5. The Morgan fingerprint density at radius 2 is 1.95 bits per heavy atom. The number of carboxylic acids is 1. The molecular formula is C10H10Br2N2O5S. The number of carboxylic acid groups (broad SMARTS) is 1. The summed E-state index contributed by atoms with van der Waals surface area (Å²) in [6.45, 7) is 0. The molecule has 1 aromatic carbocycles. The molecule has 0 bridgehead atoms. The highest BCUT2D eigenvalue weighted by Crippen LogP contribution is 2.25. The SMILES string of the molecule is NC(=O)C[C@@H](NS(=O)(=O)c1ccc(Br)cc1Br)C(=O)O. The fourth-order valence-corrected chi connectivity index (χ4v) is 4.26. The molecule has 10 heteroatoms. The number of nitrogens with two attached hydrogens (primary N) is 1. The van der Waals surface area contributed by atoms with E-state index in [2.05, 4.69) is 31.9 Å². The smallest absolute Gasteiger partial charge is 0.322 e. The predicted octanol–water partition coefficient (Wildman–Crippen LogP) is 0.818. The second kappa shape index (κ2) is 6.66. The molecule has 0 aliphatic heterocycles. The number of rotatable bonds is 6. The molecule has 1 rings (SSSR count). The van der Waals surface area contributed by atoms with Crippen LogP contribution in [0, 0.1) is 0 Å². The summed E-state index contributed by atoms with van der Waals surface area (Å²) in [6, 6.07) is 2.66.